The molecule has 0 amide bonds. The minimum atomic E-state index is -0.360. The van der Waals surface area contributed by atoms with Crippen LogP contribution in [0.2, 0.25) is 0 Å². The molecule has 1 unspecified atom stereocenters. The van der Waals surface area contributed by atoms with Crippen molar-refractivity contribution in [1.29, 1.82) is 0 Å². The molecule has 4 nitrogen and oxygen atoms in total. The van der Waals surface area contributed by atoms with Crippen molar-refractivity contribution in [2.75, 3.05) is 0 Å². The van der Waals surface area contributed by atoms with Gasteiger partial charge in [-0.3, -0.25) is 4.98 Å². The number of aliphatic hydroxyl groups excluding tert-OH is 1. The number of hydrogen-bond acceptors (Lipinski definition) is 4. The third kappa shape index (κ3) is 2.33. The molecule has 2 rings (SSSR count). The van der Waals surface area contributed by atoms with Crippen LogP contribution < -0.4 is 0 Å². The van der Waals surface area contributed by atoms with E-state index in [1.54, 1.807) is 12.4 Å². The average Bonchev–Trinajstić information content (AvgIpc) is 2.28. The molecule has 2 aromatic heterocycles. The largest absolute Gasteiger partial charge is 0.392 e. The Bertz CT molecular complexity index is 484. The Labute approximate surface area is 94.4 Å². The van der Waals surface area contributed by atoms with Crippen LogP contribution in [0.25, 0.3) is 11.2 Å². The van der Waals surface area contributed by atoms with Gasteiger partial charge >= 0.3 is 0 Å². The van der Waals surface area contributed by atoms with Gasteiger partial charge in [0, 0.05) is 24.5 Å². The van der Waals surface area contributed by atoms with Gasteiger partial charge in [0.25, 0.3) is 0 Å². The van der Waals surface area contributed by atoms with E-state index in [1.165, 1.54) is 0 Å². The minimum absolute atomic E-state index is 0.236. The Morgan fingerprint density at radius 2 is 1.94 bits per heavy atom. The zero-order valence-electron chi connectivity index (χ0n) is 9.46. The monoisotopic (exact) mass is 217 g/mol. The normalized spacial score (nSPS) is 13.2. The molecule has 0 spiro atoms. The van der Waals surface area contributed by atoms with Crippen molar-refractivity contribution in [3.8, 4) is 0 Å². The van der Waals surface area contributed by atoms with Gasteiger partial charge in [-0.1, -0.05) is 13.8 Å². The lowest BCUT2D eigenvalue weighted by atomic mass is 10.0. The van der Waals surface area contributed by atoms with Crippen LogP contribution in [0.1, 0.15) is 19.5 Å². The summed E-state index contributed by atoms with van der Waals surface area (Å²) in [4.78, 5) is 12.7. The van der Waals surface area contributed by atoms with Crippen LogP contribution in [0.3, 0.4) is 0 Å². The van der Waals surface area contributed by atoms with Crippen LogP contribution in [-0.4, -0.2) is 26.2 Å². The van der Waals surface area contributed by atoms with Crippen LogP contribution >= 0.6 is 0 Å². The maximum atomic E-state index is 9.78. The highest BCUT2D eigenvalue weighted by Crippen LogP contribution is 2.11. The molecule has 0 bridgehead atoms. The molecule has 0 aromatic carbocycles. The molecule has 4 heteroatoms. The highest BCUT2D eigenvalue weighted by atomic mass is 16.3. The van der Waals surface area contributed by atoms with E-state index in [0.29, 0.717) is 12.1 Å². The van der Waals surface area contributed by atoms with E-state index >= 15 is 0 Å². The van der Waals surface area contributed by atoms with Crippen molar-refractivity contribution in [3.63, 3.8) is 0 Å². The molecule has 1 N–H and O–H groups in total. The van der Waals surface area contributed by atoms with Gasteiger partial charge in [-0.25, -0.2) is 9.97 Å². The molecule has 16 heavy (non-hydrogen) atoms. The van der Waals surface area contributed by atoms with Gasteiger partial charge in [0.2, 0.25) is 0 Å². The maximum absolute atomic E-state index is 9.78. The summed E-state index contributed by atoms with van der Waals surface area (Å²) >= 11 is 0. The molecule has 2 heterocycles. The van der Waals surface area contributed by atoms with Gasteiger partial charge in [-0.05, 0) is 18.1 Å². The number of aromatic nitrogens is 3. The van der Waals surface area contributed by atoms with Crippen molar-refractivity contribution >= 4 is 11.2 Å². The molecule has 0 fully saturated rings. The average molecular weight is 217 g/mol. The van der Waals surface area contributed by atoms with Crippen LogP contribution in [0, 0.1) is 5.92 Å². The smallest absolute Gasteiger partial charge is 0.178 e. The summed E-state index contributed by atoms with van der Waals surface area (Å²) in [5.74, 6) is 0.236. The second-order valence-electron chi connectivity index (χ2n) is 4.22. The lowest BCUT2D eigenvalue weighted by Gasteiger charge is -2.13. The first-order valence-corrected chi connectivity index (χ1v) is 5.41. The number of rotatable bonds is 3. The zero-order valence-corrected chi connectivity index (χ0v) is 9.46. The molecule has 2 aromatic rings. The Morgan fingerprint density at radius 1 is 1.19 bits per heavy atom. The van der Waals surface area contributed by atoms with E-state index in [0.717, 1.165) is 11.2 Å². The first kappa shape index (κ1) is 11.0. The SMILES string of the molecule is CC(C)C(O)Cc1ccc2nccnc2n1. The molecule has 84 valence electrons. The fraction of sp³-hybridized carbons (Fsp3) is 0.417. The molecule has 0 aliphatic carbocycles. The summed E-state index contributed by atoms with van der Waals surface area (Å²) in [7, 11) is 0. The molecule has 0 aliphatic heterocycles. The second kappa shape index (κ2) is 4.53. The van der Waals surface area contributed by atoms with Crippen molar-refractivity contribution < 1.29 is 5.11 Å². The minimum Gasteiger partial charge on any atom is -0.392 e. The van der Waals surface area contributed by atoms with Crippen molar-refractivity contribution in [1.82, 2.24) is 15.0 Å². The van der Waals surface area contributed by atoms with E-state index in [-0.39, 0.29) is 12.0 Å². The van der Waals surface area contributed by atoms with Crippen molar-refractivity contribution in [2.45, 2.75) is 26.4 Å². The summed E-state index contributed by atoms with van der Waals surface area (Å²) < 4.78 is 0. The second-order valence-corrected chi connectivity index (χ2v) is 4.22. The topological polar surface area (TPSA) is 58.9 Å². The molecular weight excluding hydrogens is 202 g/mol. The van der Waals surface area contributed by atoms with E-state index in [4.69, 9.17) is 0 Å². The standard InChI is InChI=1S/C12H15N3O/c1-8(2)11(16)7-9-3-4-10-12(15-9)14-6-5-13-10/h3-6,8,11,16H,7H2,1-2H3. The lowest BCUT2D eigenvalue weighted by molar-refractivity contribution is 0.125. The molecule has 0 saturated heterocycles. The number of aliphatic hydroxyl groups is 1. The van der Waals surface area contributed by atoms with Gasteiger partial charge in [-0.2, -0.15) is 0 Å². The van der Waals surface area contributed by atoms with Gasteiger partial charge in [0.1, 0.15) is 5.52 Å². The maximum Gasteiger partial charge on any atom is 0.178 e. The Balaban J connectivity index is 2.26. The van der Waals surface area contributed by atoms with Crippen LogP contribution in [0.4, 0.5) is 0 Å². The van der Waals surface area contributed by atoms with Gasteiger partial charge in [-0.15, -0.1) is 0 Å². The molecule has 0 radical (unpaired) electrons. The zero-order chi connectivity index (χ0) is 11.5. The van der Waals surface area contributed by atoms with E-state index in [2.05, 4.69) is 15.0 Å². The predicted octanol–water partition coefficient (Wildman–Crippen LogP) is 1.58. The van der Waals surface area contributed by atoms with Crippen molar-refractivity contribution in [3.05, 3.63) is 30.2 Å². The Kier molecular flexibility index (Phi) is 3.10. The fourth-order valence-corrected chi connectivity index (χ4v) is 1.46. The van der Waals surface area contributed by atoms with Crippen molar-refractivity contribution in [2.24, 2.45) is 5.92 Å². The first-order chi connectivity index (χ1) is 7.66. The number of nitrogens with zero attached hydrogens (tertiary/aromatic N) is 3. The molecule has 0 saturated carbocycles. The van der Waals surface area contributed by atoms with Gasteiger partial charge < -0.3 is 5.11 Å². The van der Waals surface area contributed by atoms with E-state index in [9.17, 15) is 5.11 Å². The number of fused-ring (bicyclic) bond motifs is 1. The van der Waals surface area contributed by atoms with Gasteiger partial charge in [0.05, 0.1) is 6.10 Å². The Hall–Kier alpha value is -1.55. The summed E-state index contributed by atoms with van der Waals surface area (Å²) in [6, 6.07) is 3.78. The molecule has 1 atom stereocenters. The lowest BCUT2D eigenvalue weighted by Crippen LogP contribution is -2.18. The Morgan fingerprint density at radius 3 is 2.69 bits per heavy atom. The fourth-order valence-electron chi connectivity index (χ4n) is 1.46. The molecular formula is C12H15N3O. The number of pyridine rings is 1. The summed E-state index contributed by atoms with van der Waals surface area (Å²) in [5.41, 5.74) is 2.27. The van der Waals surface area contributed by atoms with Gasteiger partial charge in [0.15, 0.2) is 5.65 Å². The van der Waals surface area contributed by atoms with Crippen LogP contribution in [0.5, 0.6) is 0 Å². The first-order valence-electron chi connectivity index (χ1n) is 5.41. The molecule has 0 aliphatic rings. The van der Waals surface area contributed by atoms with E-state index in [1.807, 2.05) is 26.0 Å². The van der Waals surface area contributed by atoms with E-state index < -0.39 is 0 Å². The summed E-state index contributed by atoms with van der Waals surface area (Å²) in [6.45, 7) is 3.98. The highest BCUT2D eigenvalue weighted by Gasteiger charge is 2.11. The summed E-state index contributed by atoms with van der Waals surface area (Å²) in [6.07, 6.45) is 3.47. The predicted molar refractivity (Wildman–Crippen MR) is 61.9 cm³/mol. The quantitative estimate of drug-likeness (QED) is 0.848. The van der Waals surface area contributed by atoms with Crippen LogP contribution in [0.15, 0.2) is 24.5 Å². The third-order valence-electron chi connectivity index (χ3n) is 2.58. The highest BCUT2D eigenvalue weighted by molar-refractivity contribution is 5.68. The van der Waals surface area contributed by atoms with Crippen LogP contribution in [-0.2, 0) is 6.42 Å². The number of hydrogen-bond donors (Lipinski definition) is 1. The third-order valence-corrected chi connectivity index (χ3v) is 2.58. The summed E-state index contributed by atoms with van der Waals surface area (Å²) in [5, 5.41) is 9.78.